The van der Waals surface area contributed by atoms with Crippen LogP contribution in [-0.4, -0.2) is 30.6 Å². The lowest BCUT2D eigenvalue weighted by atomic mass is 10.1. The summed E-state index contributed by atoms with van der Waals surface area (Å²) in [5, 5.41) is 3.06. The summed E-state index contributed by atoms with van der Waals surface area (Å²) < 4.78 is 18.5. The molecule has 6 heteroatoms. The van der Waals surface area contributed by atoms with E-state index in [4.69, 9.17) is 5.73 Å². The molecule has 1 aromatic carbocycles. The van der Waals surface area contributed by atoms with E-state index in [1.807, 2.05) is 18.7 Å². The van der Waals surface area contributed by atoms with Crippen LogP contribution in [0.3, 0.4) is 0 Å². The van der Waals surface area contributed by atoms with Crippen LogP contribution in [0.2, 0.25) is 0 Å². The quantitative estimate of drug-likeness (QED) is 0.460. The lowest BCUT2D eigenvalue weighted by Crippen LogP contribution is -2.18. The molecule has 20 heavy (non-hydrogen) atoms. The molecule has 1 atom stereocenters. The first-order valence-corrected chi connectivity index (χ1v) is 7.66. The molecule has 0 aliphatic rings. The Morgan fingerprint density at radius 2 is 2.25 bits per heavy atom. The number of anilines is 2. The van der Waals surface area contributed by atoms with Gasteiger partial charge in [0, 0.05) is 11.7 Å². The van der Waals surface area contributed by atoms with Gasteiger partial charge in [0.25, 0.3) is 0 Å². The van der Waals surface area contributed by atoms with Crippen molar-refractivity contribution in [2.45, 2.75) is 26.3 Å². The van der Waals surface area contributed by atoms with E-state index in [1.54, 1.807) is 0 Å². The van der Waals surface area contributed by atoms with Gasteiger partial charge < -0.3 is 15.8 Å². The first-order valence-electron chi connectivity index (χ1n) is 6.51. The Morgan fingerprint density at radius 1 is 1.55 bits per heavy atom. The monoisotopic (exact) mass is 300 g/mol. The summed E-state index contributed by atoms with van der Waals surface area (Å²) in [5.41, 5.74) is 6.15. The lowest BCUT2D eigenvalue weighted by Gasteiger charge is -2.17. The van der Waals surface area contributed by atoms with Gasteiger partial charge in [0.15, 0.2) is 0 Å². The second-order valence-corrected chi connectivity index (χ2v) is 5.84. The summed E-state index contributed by atoms with van der Waals surface area (Å²) in [6.07, 6.45) is 0.913. The molecule has 0 fully saturated rings. The number of carbonyl (C=O) groups excluding carboxylic acids is 1. The highest BCUT2D eigenvalue weighted by Gasteiger charge is 2.15. The second-order valence-electron chi connectivity index (χ2n) is 4.44. The van der Waals surface area contributed by atoms with E-state index < -0.39 is 11.8 Å². The molecule has 0 aliphatic heterocycles. The molecule has 0 saturated carbocycles. The predicted molar refractivity (Wildman–Crippen MR) is 82.9 cm³/mol. The van der Waals surface area contributed by atoms with E-state index in [-0.39, 0.29) is 23.0 Å². The topological polar surface area (TPSA) is 64.3 Å². The Hall–Kier alpha value is -1.43. The fourth-order valence-electron chi connectivity index (χ4n) is 1.73. The van der Waals surface area contributed by atoms with Crippen molar-refractivity contribution in [2.75, 3.05) is 29.7 Å². The summed E-state index contributed by atoms with van der Waals surface area (Å²) in [5.74, 6) is 1.03. The Bertz CT molecular complexity index is 469. The number of nitrogens with two attached hydrogens (primary N) is 1. The molecule has 1 rings (SSSR count). The van der Waals surface area contributed by atoms with Crippen LogP contribution in [0.1, 0.15) is 30.6 Å². The van der Waals surface area contributed by atoms with Gasteiger partial charge in [-0.15, -0.1) is 0 Å². The number of esters is 1. The maximum atomic E-state index is 13.8. The number of nitrogen functional groups attached to an aromatic ring is 1. The molecule has 4 nitrogen and oxygen atoms in total. The van der Waals surface area contributed by atoms with Gasteiger partial charge in [0.05, 0.1) is 18.4 Å². The zero-order valence-electron chi connectivity index (χ0n) is 12.0. The molecule has 0 heterocycles. The third kappa shape index (κ3) is 4.59. The van der Waals surface area contributed by atoms with Gasteiger partial charge in [0.2, 0.25) is 0 Å². The lowest BCUT2D eigenvalue weighted by molar-refractivity contribution is 0.0602. The van der Waals surface area contributed by atoms with Crippen LogP contribution in [0.4, 0.5) is 15.8 Å². The molecule has 0 aliphatic carbocycles. The highest BCUT2D eigenvalue weighted by atomic mass is 32.2. The maximum absolute atomic E-state index is 13.8. The number of nitrogens with one attached hydrogen (secondary N) is 1. The number of thioether (sulfide) groups is 1. The van der Waals surface area contributed by atoms with Crippen molar-refractivity contribution < 1.29 is 13.9 Å². The van der Waals surface area contributed by atoms with Crippen molar-refractivity contribution in [1.29, 1.82) is 0 Å². The number of rotatable bonds is 7. The minimum atomic E-state index is -0.570. The number of ether oxygens (including phenoxy) is 1. The molecule has 0 saturated heterocycles. The Morgan fingerprint density at radius 3 is 2.85 bits per heavy atom. The van der Waals surface area contributed by atoms with E-state index in [1.165, 1.54) is 13.2 Å². The number of hydrogen-bond acceptors (Lipinski definition) is 5. The van der Waals surface area contributed by atoms with Gasteiger partial charge in [-0.05, 0) is 37.0 Å². The summed E-state index contributed by atoms with van der Waals surface area (Å²) in [7, 11) is 1.27. The third-order valence-electron chi connectivity index (χ3n) is 2.85. The summed E-state index contributed by atoms with van der Waals surface area (Å²) >= 11 is 1.84. The number of benzene rings is 1. The molecule has 0 amide bonds. The average molecular weight is 300 g/mol. The zero-order valence-corrected chi connectivity index (χ0v) is 12.8. The molecular weight excluding hydrogens is 279 g/mol. The third-order valence-corrected chi connectivity index (χ3v) is 3.78. The molecule has 1 aromatic rings. The number of halogens is 1. The van der Waals surface area contributed by atoms with E-state index in [0.717, 1.165) is 24.0 Å². The van der Waals surface area contributed by atoms with E-state index in [9.17, 15) is 9.18 Å². The minimum absolute atomic E-state index is 0.0779. The van der Waals surface area contributed by atoms with Crippen molar-refractivity contribution in [3.05, 3.63) is 23.5 Å². The van der Waals surface area contributed by atoms with Crippen LogP contribution >= 0.6 is 11.8 Å². The van der Waals surface area contributed by atoms with Gasteiger partial charge in [-0.3, -0.25) is 0 Å². The molecule has 1 unspecified atom stereocenters. The van der Waals surface area contributed by atoms with Gasteiger partial charge in [0.1, 0.15) is 5.82 Å². The standard InChI is InChI=1S/C14H21FN2O2S/c1-4-20-6-5-9(2)17-13-7-10(14(18)19-3)12(16)8-11(13)15/h7-9,17H,4-6,16H2,1-3H3. The van der Waals surface area contributed by atoms with Crippen molar-refractivity contribution in [3.8, 4) is 0 Å². The van der Waals surface area contributed by atoms with E-state index in [0.29, 0.717) is 0 Å². The van der Waals surface area contributed by atoms with Gasteiger partial charge in [-0.25, -0.2) is 9.18 Å². The SMILES string of the molecule is CCSCCC(C)Nc1cc(C(=O)OC)c(N)cc1F. The van der Waals surface area contributed by atoms with E-state index in [2.05, 4.69) is 17.0 Å². The predicted octanol–water partition coefficient (Wildman–Crippen LogP) is 3.14. The molecule has 112 valence electrons. The maximum Gasteiger partial charge on any atom is 0.340 e. The Labute approximate surface area is 123 Å². The summed E-state index contributed by atoms with van der Waals surface area (Å²) in [4.78, 5) is 11.5. The number of hydrogen-bond donors (Lipinski definition) is 2. The fraction of sp³-hybridized carbons (Fsp3) is 0.500. The molecule has 0 spiro atoms. The van der Waals surface area contributed by atoms with Gasteiger partial charge >= 0.3 is 5.97 Å². The average Bonchev–Trinajstić information content (AvgIpc) is 2.41. The van der Waals surface area contributed by atoms with Crippen LogP contribution in [0.15, 0.2) is 12.1 Å². The van der Waals surface area contributed by atoms with Crippen LogP contribution < -0.4 is 11.1 Å². The number of methoxy groups -OCH3 is 1. The van der Waals surface area contributed by atoms with Gasteiger partial charge in [-0.1, -0.05) is 6.92 Å². The van der Waals surface area contributed by atoms with Gasteiger partial charge in [-0.2, -0.15) is 11.8 Å². The molecule has 0 bridgehead atoms. The van der Waals surface area contributed by atoms with Crippen molar-refractivity contribution in [2.24, 2.45) is 0 Å². The Balaban J connectivity index is 2.81. The van der Waals surface area contributed by atoms with E-state index >= 15 is 0 Å². The fourth-order valence-corrected chi connectivity index (χ4v) is 2.54. The molecule has 0 aromatic heterocycles. The van der Waals surface area contributed by atoms with Crippen LogP contribution in [-0.2, 0) is 4.74 Å². The highest BCUT2D eigenvalue weighted by molar-refractivity contribution is 7.99. The second kappa shape index (κ2) is 7.99. The van der Waals surface area contributed by atoms with Crippen molar-refractivity contribution in [1.82, 2.24) is 0 Å². The van der Waals surface area contributed by atoms with Crippen LogP contribution in [0.25, 0.3) is 0 Å². The normalized spacial score (nSPS) is 12.0. The smallest absolute Gasteiger partial charge is 0.340 e. The first kappa shape index (κ1) is 16.6. The first-order chi connectivity index (χ1) is 9.49. The van der Waals surface area contributed by atoms with Crippen LogP contribution in [0.5, 0.6) is 0 Å². The zero-order chi connectivity index (χ0) is 15.1. The highest BCUT2D eigenvalue weighted by Crippen LogP contribution is 2.24. The Kier molecular flexibility index (Phi) is 6.64. The molecular formula is C14H21FN2O2S. The molecule has 0 radical (unpaired) electrons. The minimum Gasteiger partial charge on any atom is -0.465 e. The molecule has 3 N–H and O–H groups in total. The number of carbonyl (C=O) groups is 1. The summed E-state index contributed by atoms with van der Waals surface area (Å²) in [6.45, 7) is 4.08. The largest absolute Gasteiger partial charge is 0.465 e. The van der Waals surface area contributed by atoms with Crippen molar-refractivity contribution in [3.63, 3.8) is 0 Å². The van der Waals surface area contributed by atoms with Crippen molar-refractivity contribution >= 4 is 29.1 Å². The summed E-state index contributed by atoms with van der Waals surface area (Å²) in [6, 6.07) is 2.65. The van der Waals surface area contributed by atoms with Crippen LogP contribution in [0, 0.1) is 5.82 Å².